The first-order valence-corrected chi connectivity index (χ1v) is 10.1. The Balaban J connectivity index is 1.67. The van der Waals surface area contributed by atoms with Crippen LogP contribution < -0.4 is 0 Å². The molecule has 0 radical (unpaired) electrons. The van der Waals surface area contributed by atoms with Crippen LogP contribution in [0.1, 0.15) is 32.7 Å². The maximum absolute atomic E-state index is 13.3. The average molecular weight is 413 g/mol. The summed E-state index contributed by atoms with van der Waals surface area (Å²) in [6.45, 7) is 3.96. The van der Waals surface area contributed by atoms with Gasteiger partial charge in [-0.05, 0) is 55.3 Å². The van der Waals surface area contributed by atoms with Crippen molar-refractivity contribution in [1.29, 1.82) is 0 Å². The monoisotopic (exact) mass is 413 g/mol. The van der Waals surface area contributed by atoms with Crippen molar-refractivity contribution in [3.8, 4) is 5.75 Å². The number of aromatic hydroxyl groups is 1. The van der Waals surface area contributed by atoms with Crippen LogP contribution in [-0.4, -0.2) is 21.6 Å². The van der Waals surface area contributed by atoms with Crippen molar-refractivity contribution in [1.82, 2.24) is 4.57 Å². The first-order valence-electron chi connectivity index (χ1n) is 10.1. The molecule has 4 rings (SSSR count). The molecule has 5 heteroatoms. The summed E-state index contributed by atoms with van der Waals surface area (Å²) < 4.78 is 7.03. The normalized spacial score (nSPS) is 10.9. The summed E-state index contributed by atoms with van der Waals surface area (Å²) in [5.74, 6) is -0.499. The molecule has 5 nitrogen and oxygen atoms in total. The largest absolute Gasteiger partial charge is 0.508 e. The number of fused-ring (bicyclic) bond motifs is 1. The molecule has 0 spiro atoms. The molecule has 0 saturated carbocycles. The van der Waals surface area contributed by atoms with E-state index in [1.165, 1.54) is 6.07 Å². The molecule has 0 amide bonds. The van der Waals surface area contributed by atoms with Crippen molar-refractivity contribution >= 4 is 22.8 Å². The van der Waals surface area contributed by atoms with Crippen LogP contribution in [0.25, 0.3) is 10.9 Å². The molecule has 0 unspecified atom stereocenters. The van der Waals surface area contributed by atoms with Gasteiger partial charge in [-0.15, -0.1) is 0 Å². The van der Waals surface area contributed by atoms with E-state index >= 15 is 0 Å². The van der Waals surface area contributed by atoms with Crippen molar-refractivity contribution < 1.29 is 19.4 Å². The van der Waals surface area contributed by atoms with Crippen LogP contribution in [0.2, 0.25) is 0 Å². The second-order valence-electron chi connectivity index (χ2n) is 7.60. The fourth-order valence-electron chi connectivity index (χ4n) is 3.71. The molecule has 1 heterocycles. The van der Waals surface area contributed by atoms with Gasteiger partial charge >= 0.3 is 5.97 Å². The Morgan fingerprint density at radius 1 is 0.935 bits per heavy atom. The molecular formula is C26H23NO4. The number of ether oxygens (including phenoxy) is 1. The number of hydrogen-bond acceptors (Lipinski definition) is 4. The average Bonchev–Trinajstić information content (AvgIpc) is 3.04. The van der Waals surface area contributed by atoms with Crippen LogP contribution in [-0.2, 0) is 22.6 Å². The maximum Gasteiger partial charge on any atom is 0.310 e. The minimum atomic E-state index is -0.392. The molecule has 0 aliphatic heterocycles. The molecule has 0 saturated heterocycles. The van der Waals surface area contributed by atoms with Crippen molar-refractivity contribution in [3.63, 3.8) is 0 Å². The molecule has 4 aromatic rings. The number of aromatic nitrogens is 1. The van der Waals surface area contributed by atoms with Gasteiger partial charge in [-0.25, -0.2) is 0 Å². The van der Waals surface area contributed by atoms with Gasteiger partial charge in [0.25, 0.3) is 5.91 Å². The Morgan fingerprint density at radius 2 is 1.65 bits per heavy atom. The van der Waals surface area contributed by atoms with Crippen LogP contribution >= 0.6 is 0 Å². The summed E-state index contributed by atoms with van der Waals surface area (Å²) in [4.78, 5) is 25.8. The third-order valence-corrected chi connectivity index (χ3v) is 5.38. The Morgan fingerprint density at radius 3 is 2.35 bits per heavy atom. The van der Waals surface area contributed by atoms with Crippen molar-refractivity contribution in [3.05, 3.63) is 101 Å². The fraction of sp³-hybridized carbons (Fsp3) is 0.154. The van der Waals surface area contributed by atoms with E-state index in [9.17, 15) is 14.7 Å². The zero-order chi connectivity index (χ0) is 22.0. The van der Waals surface area contributed by atoms with Gasteiger partial charge < -0.3 is 9.84 Å². The van der Waals surface area contributed by atoms with Crippen molar-refractivity contribution in [2.45, 2.75) is 26.9 Å². The lowest BCUT2D eigenvalue weighted by molar-refractivity contribution is -0.144. The molecule has 0 aliphatic rings. The molecule has 0 fully saturated rings. The highest BCUT2D eigenvalue weighted by Crippen LogP contribution is 2.30. The number of aryl methyl sites for hydroxylation is 1. The van der Waals surface area contributed by atoms with Gasteiger partial charge in [0, 0.05) is 16.6 Å². The fourth-order valence-corrected chi connectivity index (χ4v) is 3.71. The summed E-state index contributed by atoms with van der Waals surface area (Å²) in [6, 6.07) is 21.6. The highest BCUT2D eigenvalue weighted by atomic mass is 16.5. The van der Waals surface area contributed by atoms with Crippen LogP contribution in [0.3, 0.4) is 0 Å². The number of carbonyl (C=O) groups excluding carboxylic acids is 2. The predicted molar refractivity (Wildman–Crippen MR) is 119 cm³/mol. The van der Waals surface area contributed by atoms with E-state index in [1.54, 1.807) is 28.8 Å². The molecule has 31 heavy (non-hydrogen) atoms. The van der Waals surface area contributed by atoms with E-state index in [-0.39, 0.29) is 24.7 Å². The zero-order valence-electron chi connectivity index (χ0n) is 17.5. The number of phenols is 1. The first-order chi connectivity index (χ1) is 14.9. The lowest BCUT2D eigenvalue weighted by Crippen LogP contribution is -2.14. The molecule has 1 aromatic heterocycles. The van der Waals surface area contributed by atoms with E-state index in [2.05, 4.69) is 0 Å². The smallest absolute Gasteiger partial charge is 0.310 e. The Hall–Kier alpha value is -3.86. The van der Waals surface area contributed by atoms with E-state index < -0.39 is 5.97 Å². The summed E-state index contributed by atoms with van der Waals surface area (Å²) in [5, 5.41) is 10.7. The standard InChI is InChI=1S/C26H23NO4/c1-17-8-10-20(11-9-17)26(30)27-18(2)22(23-14-21(28)12-13-24(23)27)15-25(29)31-16-19-6-4-3-5-7-19/h3-14,28H,15-16H2,1-2H3. The third kappa shape index (κ3) is 4.21. The van der Waals surface area contributed by atoms with Crippen LogP contribution in [0.5, 0.6) is 5.75 Å². The SMILES string of the molecule is Cc1ccc(C(=O)n2c(C)c(CC(=O)OCc3ccccc3)c3cc(O)ccc32)cc1. The van der Waals surface area contributed by atoms with Crippen molar-refractivity contribution in [2.24, 2.45) is 0 Å². The molecular weight excluding hydrogens is 390 g/mol. The van der Waals surface area contributed by atoms with Gasteiger partial charge in [-0.1, -0.05) is 48.0 Å². The van der Waals surface area contributed by atoms with Crippen molar-refractivity contribution in [2.75, 3.05) is 0 Å². The van der Waals surface area contributed by atoms with Crippen LogP contribution in [0, 0.1) is 13.8 Å². The summed E-state index contributed by atoms with van der Waals surface area (Å²) in [6.07, 6.45) is 0.00674. The Bertz CT molecular complexity index is 1250. The highest BCUT2D eigenvalue weighted by molar-refractivity contribution is 6.05. The number of benzene rings is 3. The van der Waals surface area contributed by atoms with Gasteiger partial charge in [0.05, 0.1) is 11.9 Å². The topological polar surface area (TPSA) is 68.5 Å². The van der Waals surface area contributed by atoms with Gasteiger partial charge in [0.2, 0.25) is 0 Å². The maximum atomic E-state index is 13.3. The molecule has 0 bridgehead atoms. The number of nitrogens with zero attached hydrogens (tertiary/aromatic N) is 1. The van der Waals surface area contributed by atoms with E-state index in [0.29, 0.717) is 27.7 Å². The number of esters is 1. The lowest BCUT2D eigenvalue weighted by Gasteiger charge is -2.08. The number of phenolic OH excluding ortho intramolecular Hbond substituents is 1. The quantitative estimate of drug-likeness (QED) is 0.471. The molecule has 1 N–H and O–H groups in total. The van der Waals surface area contributed by atoms with E-state index in [0.717, 1.165) is 11.1 Å². The van der Waals surface area contributed by atoms with Gasteiger partial charge in [0.15, 0.2) is 0 Å². The predicted octanol–water partition coefficient (Wildman–Crippen LogP) is 4.94. The van der Waals surface area contributed by atoms with Crippen LogP contribution in [0.15, 0.2) is 72.8 Å². The summed E-state index contributed by atoms with van der Waals surface area (Å²) in [7, 11) is 0. The van der Waals surface area contributed by atoms with Crippen LogP contribution in [0.4, 0.5) is 0 Å². The van der Waals surface area contributed by atoms with Gasteiger partial charge in [-0.2, -0.15) is 0 Å². The van der Waals surface area contributed by atoms with E-state index in [4.69, 9.17) is 4.74 Å². The third-order valence-electron chi connectivity index (χ3n) is 5.38. The Labute approximate surface area is 180 Å². The second kappa shape index (κ2) is 8.48. The highest BCUT2D eigenvalue weighted by Gasteiger charge is 2.22. The summed E-state index contributed by atoms with van der Waals surface area (Å²) >= 11 is 0. The molecule has 156 valence electrons. The summed E-state index contributed by atoms with van der Waals surface area (Å²) in [5.41, 5.74) is 4.50. The molecule has 0 atom stereocenters. The second-order valence-corrected chi connectivity index (χ2v) is 7.60. The minimum absolute atomic E-state index is 0.00674. The number of rotatable bonds is 5. The molecule has 3 aromatic carbocycles. The first kappa shape index (κ1) is 20.4. The van der Waals surface area contributed by atoms with E-state index in [1.807, 2.05) is 56.3 Å². The lowest BCUT2D eigenvalue weighted by atomic mass is 10.1. The number of hydrogen-bond donors (Lipinski definition) is 1. The minimum Gasteiger partial charge on any atom is -0.508 e. The zero-order valence-corrected chi connectivity index (χ0v) is 17.5. The Kier molecular flexibility index (Phi) is 5.58. The molecule has 0 aliphatic carbocycles. The van der Waals surface area contributed by atoms with Gasteiger partial charge in [-0.3, -0.25) is 14.2 Å². The van der Waals surface area contributed by atoms with Gasteiger partial charge in [0.1, 0.15) is 12.4 Å². The number of carbonyl (C=O) groups is 2.